The minimum absolute atomic E-state index is 0. The van der Waals surface area contributed by atoms with E-state index in [9.17, 15) is 4.79 Å². The van der Waals surface area contributed by atoms with Crippen molar-refractivity contribution in [1.29, 1.82) is 0 Å². The summed E-state index contributed by atoms with van der Waals surface area (Å²) in [6.45, 7) is 5.15. The molecule has 0 atom stereocenters. The molecular weight excluding hydrogens is 373 g/mol. The zero-order valence-corrected chi connectivity index (χ0v) is 16.3. The maximum Gasteiger partial charge on any atom is 0.276 e. The molecule has 1 aromatic heterocycles. The Balaban J connectivity index is 0.00000196. The van der Waals surface area contributed by atoms with Gasteiger partial charge in [-0.1, -0.05) is 28.9 Å². The van der Waals surface area contributed by atoms with Crippen LogP contribution in [0.25, 0.3) is 0 Å². The molecular formula is C18H23Cl2N5O. The number of nitrogens with zero attached hydrogens (tertiary/aromatic N) is 4. The number of halogens is 2. The van der Waals surface area contributed by atoms with E-state index < -0.39 is 0 Å². The lowest BCUT2D eigenvalue weighted by Gasteiger charge is -2.29. The highest BCUT2D eigenvalue weighted by Crippen LogP contribution is 2.27. The summed E-state index contributed by atoms with van der Waals surface area (Å²) in [5, 5.41) is 12.6. The second kappa shape index (κ2) is 7.94. The Hall–Kier alpha value is -1.63. The molecule has 0 saturated carbocycles. The first-order valence-electron chi connectivity index (χ1n) is 8.83. The lowest BCUT2D eigenvalue weighted by atomic mass is 9.99. The highest BCUT2D eigenvalue weighted by Gasteiger charge is 2.28. The molecule has 6 nitrogen and oxygen atoms in total. The first-order chi connectivity index (χ1) is 12.1. The maximum absolute atomic E-state index is 13.0. The molecule has 1 N–H and O–H groups in total. The van der Waals surface area contributed by atoms with Crippen LogP contribution in [0.2, 0.25) is 5.02 Å². The van der Waals surface area contributed by atoms with Crippen LogP contribution in [0.15, 0.2) is 18.2 Å². The van der Waals surface area contributed by atoms with Crippen molar-refractivity contribution in [2.24, 2.45) is 0 Å². The number of hydrogen-bond acceptors (Lipinski definition) is 4. The van der Waals surface area contributed by atoms with Gasteiger partial charge < -0.3 is 10.2 Å². The second-order valence-electron chi connectivity index (χ2n) is 6.80. The van der Waals surface area contributed by atoms with Crippen molar-refractivity contribution in [3.63, 3.8) is 0 Å². The summed E-state index contributed by atoms with van der Waals surface area (Å²) in [5.74, 6) is -0.0386. The fraction of sp³-hybridized carbons (Fsp3) is 0.500. The number of amides is 1. The van der Waals surface area contributed by atoms with Gasteiger partial charge in [0.15, 0.2) is 5.69 Å². The van der Waals surface area contributed by atoms with E-state index in [1.165, 1.54) is 0 Å². The van der Waals surface area contributed by atoms with Crippen LogP contribution >= 0.6 is 24.0 Å². The van der Waals surface area contributed by atoms with E-state index in [1.807, 2.05) is 34.7 Å². The quantitative estimate of drug-likeness (QED) is 0.848. The molecule has 0 unspecified atom stereocenters. The van der Waals surface area contributed by atoms with Gasteiger partial charge in [-0.25, -0.2) is 4.68 Å². The molecule has 2 aromatic rings. The molecule has 140 valence electrons. The van der Waals surface area contributed by atoms with Crippen molar-refractivity contribution >= 4 is 29.9 Å². The van der Waals surface area contributed by atoms with Crippen LogP contribution < -0.4 is 5.32 Å². The summed E-state index contributed by atoms with van der Waals surface area (Å²) in [5.41, 5.74) is 3.62. The Morgan fingerprint density at radius 2 is 2.08 bits per heavy atom. The van der Waals surface area contributed by atoms with Crippen LogP contribution in [0.3, 0.4) is 0 Å². The van der Waals surface area contributed by atoms with Gasteiger partial charge in [0.25, 0.3) is 5.91 Å². The normalized spacial score (nSPS) is 17.5. The first-order valence-corrected chi connectivity index (χ1v) is 9.21. The van der Waals surface area contributed by atoms with Crippen LogP contribution in [-0.2, 0) is 13.0 Å². The van der Waals surface area contributed by atoms with Crippen molar-refractivity contribution in [2.45, 2.75) is 38.8 Å². The minimum Gasteiger partial charge on any atom is -0.333 e. The smallest absolute Gasteiger partial charge is 0.276 e. The molecule has 1 aromatic carbocycles. The summed E-state index contributed by atoms with van der Waals surface area (Å²) >= 11 is 6.27. The summed E-state index contributed by atoms with van der Waals surface area (Å²) in [6.07, 6.45) is 2.82. The fourth-order valence-corrected chi connectivity index (χ4v) is 4.11. The summed E-state index contributed by atoms with van der Waals surface area (Å²) in [6, 6.07) is 6.22. The van der Waals surface area contributed by atoms with E-state index in [0.717, 1.165) is 54.2 Å². The van der Waals surface area contributed by atoms with E-state index >= 15 is 0 Å². The van der Waals surface area contributed by atoms with E-state index in [0.29, 0.717) is 24.8 Å². The molecule has 0 radical (unpaired) electrons. The average Bonchev–Trinajstić information content (AvgIpc) is 3.03. The summed E-state index contributed by atoms with van der Waals surface area (Å²) in [7, 11) is 0. The van der Waals surface area contributed by atoms with Gasteiger partial charge in [0.05, 0.1) is 11.7 Å². The van der Waals surface area contributed by atoms with Crippen LogP contribution in [0.1, 0.15) is 46.2 Å². The maximum atomic E-state index is 13.0. The monoisotopic (exact) mass is 395 g/mol. The van der Waals surface area contributed by atoms with Crippen molar-refractivity contribution in [2.75, 3.05) is 19.6 Å². The van der Waals surface area contributed by atoms with Crippen LogP contribution in [0, 0.1) is 6.92 Å². The number of aromatic nitrogens is 3. The molecule has 1 amide bonds. The topological polar surface area (TPSA) is 63.1 Å². The Labute approximate surface area is 164 Å². The number of fused-ring (bicyclic) bond motifs is 1. The van der Waals surface area contributed by atoms with Crippen molar-refractivity contribution in [1.82, 2.24) is 25.2 Å². The number of carbonyl (C=O) groups is 1. The second-order valence-corrected chi connectivity index (χ2v) is 7.21. The zero-order chi connectivity index (χ0) is 17.4. The van der Waals surface area contributed by atoms with Crippen LogP contribution in [-0.4, -0.2) is 45.4 Å². The lowest BCUT2D eigenvalue weighted by molar-refractivity contribution is 0.0727. The van der Waals surface area contributed by atoms with Gasteiger partial charge in [0.2, 0.25) is 0 Å². The molecule has 0 spiro atoms. The number of hydrogen-bond donors (Lipinski definition) is 1. The van der Waals surface area contributed by atoms with Crippen LogP contribution in [0.5, 0.6) is 0 Å². The van der Waals surface area contributed by atoms with E-state index in [1.54, 1.807) is 0 Å². The average molecular weight is 396 g/mol. The predicted octanol–water partition coefficient (Wildman–Crippen LogP) is 2.78. The molecule has 2 aliphatic heterocycles. The SMILES string of the molecule is Cc1c(C(=O)N2CCc3c(Cl)cccc3C2)nnn1C1CCNCC1.Cl. The highest BCUT2D eigenvalue weighted by molar-refractivity contribution is 6.31. The molecule has 1 fully saturated rings. The lowest BCUT2D eigenvalue weighted by Crippen LogP contribution is -2.36. The number of nitrogens with one attached hydrogen (secondary N) is 1. The number of carbonyl (C=O) groups excluding carboxylic acids is 1. The van der Waals surface area contributed by atoms with E-state index in [-0.39, 0.29) is 18.3 Å². The molecule has 26 heavy (non-hydrogen) atoms. The largest absolute Gasteiger partial charge is 0.333 e. The minimum atomic E-state index is -0.0386. The molecule has 3 heterocycles. The molecule has 2 aliphatic rings. The van der Waals surface area contributed by atoms with Gasteiger partial charge in [0, 0.05) is 18.1 Å². The van der Waals surface area contributed by atoms with Gasteiger partial charge >= 0.3 is 0 Å². The molecule has 8 heteroatoms. The Bertz CT molecular complexity index is 801. The molecule has 4 rings (SSSR count). The molecule has 0 bridgehead atoms. The number of piperidine rings is 1. The molecule has 1 saturated heterocycles. The van der Waals surface area contributed by atoms with Crippen molar-refractivity contribution < 1.29 is 4.79 Å². The van der Waals surface area contributed by atoms with Gasteiger partial charge in [-0.3, -0.25) is 4.79 Å². The van der Waals surface area contributed by atoms with Gasteiger partial charge in [-0.2, -0.15) is 0 Å². The van der Waals surface area contributed by atoms with Gasteiger partial charge in [0.1, 0.15) is 0 Å². The Kier molecular flexibility index (Phi) is 5.85. The predicted molar refractivity (Wildman–Crippen MR) is 103 cm³/mol. The summed E-state index contributed by atoms with van der Waals surface area (Å²) in [4.78, 5) is 14.8. The standard InChI is InChI=1S/C18H22ClN5O.ClH/c1-12-17(21-22-24(12)14-5-8-20-9-6-14)18(25)23-10-7-15-13(11-23)3-2-4-16(15)19;/h2-4,14,20H,5-11H2,1H3;1H. The van der Waals surface area contributed by atoms with E-state index in [2.05, 4.69) is 15.6 Å². The third kappa shape index (κ3) is 3.46. The fourth-order valence-electron chi connectivity index (χ4n) is 3.82. The van der Waals surface area contributed by atoms with Gasteiger partial charge in [-0.15, -0.1) is 17.5 Å². The Morgan fingerprint density at radius 3 is 2.85 bits per heavy atom. The molecule has 0 aliphatic carbocycles. The third-order valence-electron chi connectivity index (χ3n) is 5.28. The number of rotatable bonds is 2. The summed E-state index contributed by atoms with van der Waals surface area (Å²) < 4.78 is 1.93. The third-order valence-corrected chi connectivity index (χ3v) is 5.63. The number of benzene rings is 1. The zero-order valence-electron chi connectivity index (χ0n) is 14.7. The first kappa shape index (κ1) is 19.1. The van der Waals surface area contributed by atoms with Crippen molar-refractivity contribution in [3.8, 4) is 0 Å². The Morgan fingerprint density at radius 1 is 1.31 bits per heavy atom. The van der Waals surface area contributed by atoms with Gasteiger partial charge in [-0.05, 0) is 56.5 Å². The van der Waals surface area contributed by atoms with E-state index in [4.69, 9.17) is 11.6 Å². The highest BCUT2D eigenvalue weighted by atomic mass is 35.5. The van der Waals surface area contributed by atoms with Crippen molar-refractivity contribution in [3.05, 3.63) is 45.7 Å². The van der Waals surface area contributed by atoms with Crippen LogP contribution in [0.4, 0.5) is 0 Å².